The molecule has 8 nitrogen and oxygen atoms in total. The van der Waals surface area contributed by atoms with Gasteiger partial charge in [-0.3, -0.25) is 9.69 Å². The first-order valence-electron chi connectivity index (χ1n) is 11.2. The minimum atomic E-state index is -0.648. The zero-order valence-corrected chi connectivity index (χ0v) is 18.5. The monoisotopic (exact) mass is 436 g/mol. The summed E-state index contributed by atoms with van der Waals surface area (Å²) in [6.45, 7) is 6.77. The van der Waals surface area contributed by atoms with E-state index in [-0.39, 0.29) is 23.9 Å². The van der Waals surface area contributed by atoms with Gasteiger partial charge >= 0.3 is 5.97 Å². The first kappa shape index (κ1) is 21.0. The molecule has 8 heteroatoms. The molecular formula is C24H28N4O4. The minimum Gasteiger partial charge on any atom is -0.457 e. The number of piperidine rings is 1. The number of fused-ring (bicyclic) bond motifs is 1. The SMILES string of the molecule is Cc1nccc(N2CCC3(CCN(CC(O)c4ccc5c(c4C)COC5=O)CC3)C2=O)n1. The molecule has 4 heterocycles. The van der Waals surface area contributed by atoms with E-state index in [0.29, 0.717) is 30.3 Å². The third-order valence-corrected chi connectivity index (χ3v) is 7.36. The molecule has 5 rings (SSSR count). The molecule has 1 unspecified atom stereocenters. The second kappa shape index (κ2) is 7.94. The molecular weight excluding hydrogens is 408 g/mol. The van der Waals surface area contributed by atoms with Gasteiger partial charge in [-0.1, -0.05) is 6.07 Å². The van der Waals surface area contributed by atoms with Crippen LogP contribution in [0.25, 0.3) is 0 Å². The molecule has 1 N–H and O–H groups in total. The van der Waals surface area contributed by atoms with Gasteiger partial charge in [-0.15, -0.1) is 0 Å². The van der Waals surface area contributed by atoms with Crippen LogP contribution >= 0.6 is 0 Å². The van der Waals surface area contributed by atoms with Gasteiger partial charge in [0.1, 0.15) is 18.2 Å². The number of hydrogen-bond donors (Lipinski definition) is 1. The van der Waals surface area contributed by atoms with Gasteiger partial charge in [0.25, 0.3) is 0 Å². The highest BCUT2D eigenvalue weighted by molar-refractivity contribution is 5.99. The maximum absolute atomic E-state index is 13.3. The van der Waals surface area contributed by atoms with Crippen LogP contribution in [0, 0.1) is 19.3 Å². The number of aliphatic hydroxyl groups is 1. The second-order valence-electron chi connectivity index (χ2n) is 9.15. The van der Waals surface area contributed by atoms with E-state index in [9.17, 15) is 14.7 Å². The molecule has 32 heavy (non-hydrogen) atoms. The summed E-state index contributed by atoms with van der Waals surface area (Å²) >= 11 is 0. The standard InChI is InChI=1S/C24H28N4O4/c1-15-17(3-4-18-19(15)14-32-22(18)30)20(29)13-27-10-6-24(7-11-27)8-12-28(23(24)31)21-5-9-25-16(2)26-21/h3-5,9,20,29H,6-8,10-14H2,1-2H3. The predicted molar refractivity (Wildman–Crippen MR) is 117 cm³/mol. The third-order valence-electron chi connectivity index (χ3n) is 7.36. The highest BCUT2D eigenvalue weighted by Crippen LogP contribution is 2.43. The van der Waals surface area contributed by atoms with E-state index in [1.807, 2.05) is 19.9 Å². The summed E-state index contributed by atoms with van der Waals surface area (Å²) in [4.78, 5) is 37.6. The van der Waals surface area contributed by atoms with Crippen LogP contribution in [0.5, 0.6) is 0 Å². The van der Waals surface area contributed by atoms with Crippen LogP contribution in [-0.2, 0) is 16.1 Å². The lowest BCUT2D eigenvalue weighted by atomic mass is 9.77. The molecule has 0 saturated carbocycles. The first-order valence-corrected chi connectivity index (χ1v) is 11.2. The Morgan fingerprint density at radius 3 is 2.62 bits per heavy atom. The number of aryl methyl sites for hydroxylation is 1. The number of amides is 1. The molecule has 1 amide bonds. The number of ether oxygens (including phenoxy) is 1. The summed E-state index contributed by atoms with van der Waals surface area (Å²) in [7, 11) is 0. The van der Waals surface area contributed by atoms with Crippen LogP contribution in [0.1, 0.15) is 58.2 Å². The van der Waals surface area contributed by atoms with E-state index in [2.05, 4.69) is 14.9 Å². The average Bonchev–Trinajstić information content (AvgIpc) is 3.31. The molecule has 0 radical (unpaired) electrons. The molecule has 1 aromatic heterocycles. The summed E-state index contributed by atoms with van der Waals surface area (Å²) < 4.78 is 5.12. The number of benzene rings is 1. The quantitative estimate of drug-likeness (QED) is 0.735. The van der Waals surface area contributed by atoms with E-state index in [1.165, 1.54) is 0 Å². The number of rotatable bonds is 4. The number of carbonyl (C=O) groups is 2. The molecule has 0 aliphatic carbocycles. The van der Waals surface area contributed by atoms with Crippen molar-refractivity contribution in [1.29, 1.82) is 0 Å². The Balaban J connectivity index is 1.23. The van der Waals surface area contributed by atoms with Crippen molar-refractivity contribution in [3.05, 3.63) is 52.5 Å². The zero-order chi connectivity index (χ0) is 22.5. The Labute approximate surface area is 187 Å². The van der Waals surface area contributed by atoms with Crippen molar-refractivity contribution in [3.8, 4) is 0 Å². The number of cyclic esters (lactones) is 1. The number of aromatic nitrogens is 2. The normalized spacial score (nSPS) is 21.2. The number of β-amino-alcohol motifs (C(OH)–C–C–N with tert-alkyl or cyclic N) is 1. The fourth-order valence-electron chi connectivity index (χ4n) is 5.33. The molecule has 2 fully saturated rings. The van der Waals surface area contributed by atoms with Crippen molar-refractivity contribution in [2.45, 2.75) is 45.8 Å². The summed E-state index contributed by atoms with van der Waals surface area (Å²) in [6, 6.07) is 5.38. The van der Waals surface area contributed by atoms with Gasteiger partial charge in [0.05, 0.1) is 17.1 Å². The van der Waals surface area contributed by atoms with Crippen LogP contribution < -0.4 is 4.90 Å². The summed E-state index contributed by atoms with van der Waals surface area (Å²) in [5.74, 6) is 1.22. The van der Waals surface area contributed by atoms with Gasteiger partial charge in [0.15, 0.2) is 0 Å². The lowest BCUT2D eigenvalue weighted by Crippen LogP contribution is -2.45. The maximum atomic E-state index is 13.3. The predicted octanol–water partition coefficient (Wildman–Crippen LogP) is 2.32. The number of nitrogens with zero attached hydrogens (tertiary/aromatic N) is 4. The van der Waals surface area contributed by atoms with Gasteiger partial charge in [-0.25, -0.2) is 14.8 Å². The van der Waals surface area contributed by atoms with Crippen LogP contribution in [0.15, 0.2) is 24.4 Å². The molecule has 3 aliphatic heterocycles. The average molecular weight is 437 g/mol. The van der Waals surface area contributed by atoms with Gasteiger partial charge in [0.2, 0.25) is 5.91 Å². The molecule has 1 spiro atoms. The molecule has 3 aliphatic rings. The Morgan fingerprint density at radius 1 is 1.12 bits per heavy atom. The van der Waals surface area contributed by atoms with E-state index in [0.717, 1.165) is 49.0 Å². The molecule has 1 atom stereocenters. The number of aliphatic hydroxyl groups excluding tert-OH is 1. The largest absolute Gasteiger partial charge is 0.457 e. The van der Waals surface area contributed by atoms with E-state index >= 15 is 0 Å². The van der Waals surface area contributed by atoms with Gasteiger partial charge < -0.3 is 14.7 Å². The van der Waals surface area contributed by atoms with Crippen molar-refractivity contribution < 1.29 is 19.4 Å². The number of likely N-dealkylation sites (tertiary alicyclic amines) is 1. The van der Waals surface area contributed by atoms with Crippen molar-refractivity contribution >= 4 is 17.7 Å². The highest BCUT2D eigenvalue weighted by Gasteiger charge is 2.49. The molecule has 1 aromatic carbocycles. The highest BCUT2D eigenvalue weighted by atomic mass is 16.5. The number of anilines is 1. The Morgan fingerprint density at radius 2 is 1.88 bits per heavy atom. The zero-order valence-electron chi connectivity index (χ0n) is 18.5. The first-order chi connectivity index (χ1) is 15.4. The van der Waals surface area contributed by atoms with Crippen LogP contribution in [-0.4, -0.2) is 58.0 Å². The molecule has 168 valence electrons. The lowest BCUT2D eigenvalue weighted by Gasteiger charge is -2.38. The van der Waals surface area contributed by atoms with Crippen molar-refractivity contribution in [3.63, 3.8) is 0 Å². The smallest absolute Gasteiger partial charge is 0.338 e. The maximum Gasteiger partial charge on any atom is 0.338 e. The van der Waals surface area contributed by atoms with E-state index < -0.39 is 6.10 Å². The number of esters is 1. The molecule has 2 saturated heterocycles. The molecule has 2 aromatic rings. The van der Waals surface area contributed by atoms with E-state index in [1.54, 1.807) is 23.2 Å². The van der Waals surface area contributed by atoms with Gasteiger partial charge in [0, 0.05) is 24.8 Å². The lowest BCUT2D eigenvalue weighted by molar-refractivity contribution is -0.128. The molecule has 0 bridgehead atoms. The van der Waals surface area contributed by atoms with Crippen molar-refractivity contribution in [2.75, 3.05) is 31.1 Å². The second-order valence-corrected chi connectivity index (χ2v) is 9.15. The van der Waals surface area contributed by atoms with E-state index in [4.69, 9.17) is 4.74 Å². The van der Waals surface area contributed by atoms with Crippen molar-refractivity contribution in [2.24, 2.45) is 5.41 Å². The van der Waals surface area contributed by atoms with Crippen molar-refractivity contribution in [1.82, 2.24) is 14.9 Å². The minimum absolute atomic E-state index is 0.162. The van der Waals surface area contributed by atoms with Gasteiger partial charge in [-0.05, 0) is 69.5 Å². The number of hydrogen-bond acceptors (Lipinski definition) is 7. The summed E-state index contributed by atoms with van der Waals surface area (Å²) in [5.41, 5.74) is 2.91. The Hall–Kier alpha value is -2.84. The fourth-order valence-corrected chi connectivity index (χ4v) is 5.33. The fraction of sp³-hybridized carbons (Fsp3) is 0.500. The van der Waals surface area contributed by atoms with Crippen LogP contribution in [0.4, 0.5) is 5.82 Å². The summed E-state index contributed by atoms with van der Waals surface area (Å²) in [5, 5.41) is 10.9. The summed E-state index contributed by atoms with van der Waals surface area (Å²) in [6.07, 6.45) is 3.45. The topological polar surface area (TPSA) is 95.9 Å². The van der Waals surface area contributed by atoms with Gasteiger partial charge in [-0.2, -0.15) is 0 Å². The Kier molecular flexibility index (Phi) is 5.22. The third kappa shape index (κ3) is 3.47. The Bertz CT molecular complexity index is 1080. The number of carbonyl (C=O) groups excluding carboxylic acids is 2. The van der Waals surface area contributed by atoms with Crippen LogP contribution in [0.3, 0.4) is 0 Å². The van der Waals surface area contributed by atoms with Crippen LogP contribution in [0.2, 0.25) is 0 Å².